The van der Waals surface area contributed by atoms with Crippen molar-refractivity contribution in [1.82, 2.24) is 10.6 Å². The molecule has 0 atom stereocenters. The molecule has 0 bridgehead atoms. The maximum atomic E-state index is 13.2. The van der Waals surface area contributed by atoms with Crippen molar-refractivity contribution in [2.24, 2.45) is 5.92 Å². The van der Waals surface area contributed by atoms with Gasteiger partial charge >= 0.3 is 0 Å². The highest BCUT2D eigenvalue weighted by atomic mass is 35.5. The number of benzene rings is 1. The zero-order chi connectivity index (χ0) is 14.7. The Morgan fingerprint density at radius 1 is 1.27 bits per heavy atom. The monoisotopic (exact) mass is 328 g/mol. The molecule has 2 aliphatic rings. The van der Waals surface area contributed by atoms with Gasteiger partial charge in [-0.05, 0) is 30.5 Å². The number of carbonyl (C=O) groups excluding carboxylic acids is 1. The van der Waals surface area contributed by atoms with Gasteiger partial charge in [0.1, 0.15) is 5.82 Å². The molecule has 0 aliphatic carbocycles. The topological polar surface area (TPSA) is 50.4 Å². The second-order valence-electron chi connectivity index (χ2n) is 5.97. The first-order chi connectivity index (χ1) is 10.2. The second kappa shape index (κ2) is 7.40. The molecular weight excluding hydrogens is 307 g/mol. The third-order valence-electron chi connectivity index (χ3n) is 4.66. The van der Waals surface area contributed by atoms with Crippen molar-refractivity contribution in [2.75, 3.05) is 32.8 Å². The Balaban J connectivity index is 0.00000176. The molecular formula is C16H22ClFN2O2. The third-order valence-corrected chi connectivity index (χ3v) is 4.66. The summed E-state index contributed by atoms with van der Waals surface area (Å²) in [6.45, 7) is 3.48. The summed E-state index contributed by atoms with van der Waals surface area (Å²) in [6.07, 6.45) is 1.70. The number of hydrogen-bond acceptors (Lipinski definition) is 3. The van der Waals surface area contributed by atoms with E-state index >= 15 is 0 Å². The lowest BCUT2D eigenvalue weighted by Gasteiger charge is -2.38. The Morgan fingerprint density at radius 2 is 1.91 bits per heavy atom. The molecule has 0 radical (unpaired) electrons. The van der Waals surface area contributed by atoms with Gasteiger partial charge in [0.05, 0.1) is 5.92 Å². The van der Waals surface area contributed by atoms with E-state index in [9.17, 15) is 9.18 Å². The van der Waals surface area contributed by atoms with E-state index in [1.54, 1.807) is 0 Å². The van der Waals surface area contributed by atoms with Crippen LogP contribution >= 0.6 is 12.4 Å². The van der Waals surface area contributed by atoms with Crippen LogP contribution < -0.4 is 10.6 Å². The van der Waals surface area contributed by atoms with Gasteiger partial charge in [0, 0.05) is 38.3 Å². The zero-order valence-corrected chi connectivity index (χ0v) is 13.3. The maximum absolute atomic E-state index is 13.2. The van der Waals surface area contributed by atoms with E-state index in [2.05, 4.69) is 10.6 Å². The van der Waals surface area contributed by atoms with Gasteiger partial charge < -0.3 is 15.4 Å². The van der Waals surface area contributed by atoms with Crippen LogP contribution in [0.25, 0.3) is 0 Å². The van der Waals surface area contributed by atoms with Crippen molar-refractivity contribution in [3.8, 4) is 0 Å². The number of carbonyl (C=O) groups is 1. The summed E-state index contributed by atoms with van der Waals surface area (Å²) in [5, 5.41) is 6.19. The van der Waals surface area contributed by atoms with E-state index < -0.39 is 0 Å². The van der Waals surface area contributed by atoms with Gasteiger partial charge in [-0.3, -0.25) is 4.79 Å². The first-order valence-electron chi connectivity index (χ1n) is 7.52. The van der Waals surface area contributed by atoms with E-state index in [0.717, 1.165) is 31.5 Å². The quantitative estimate of drug-likeness (QED) is 0.883. The number of halogens is 2. The fraction of sp³-hybridized carbons (Fsp3) is 0.562. The van der Waals surface area contributed by atoms with Crippen LogP contribution in [0.2, 0.25) is 0 Å². The third kappa shape index (κ3) is 3.59. The smallest absolute Gasteiger partial charge is 0.225 e. The lowest BCUT2D eigenvalue weighted by atomic mass is 9.74. The molecule has 1 amide bonds. The fourth-order valence-electron chi connectivity index (χ4n) is 3.01. The van der Waals surface area contributed by atoms with E-state index in [-0.39, 0.29) is 35.5 Å². The first-order valence-corrected chi connectivity index (χ1v) is 7.52. The Labute approximate surface area is 136 Å². The Kier molecular flexibility index (Phi) is 5.78. The van der Waals surface area contributed by atoms with Gasteiger partial charge in [0.2, 0.25) is 5.91 Å². The molecule has 0 saturated carbocycles. The van der Waals surface area contributed by atoms with Crippen LogP contribution in [0.3, 0.4) is 0 Å². The summed E-state index contributed by atoms with van der Waals surface area (Å²) < 4.78 is 18.6. The summed E-state index contributed by atoms with van der Waals surface area (Å²) in [5.74, 6) is -0.0256. The van der Waals surface area contributed by atoms with Crippen LogP contribution in [-0.4, -0.2) is 38.8 Å². The number of ether oxygens (including phenoxy) is 1. The van der Waals surface area contributed by atoms with E-state index in [0.29, 0.717) is 19.8 Å². The summed E-state index contributed by atoms with van der Waals surface area (Å²) in [6, 6.07) is 6.64. The van der Waals surface area contributed by atoms with Crippen LogP contribution in [0.1, 0.15) is 18.4 Å². The lowest BCUT2D eigenvalue weighted by molar-refractivity contribution is -0.126. The minimum absolute atomic E-state index is 0. The Hall–Kier alpha value is -1.17. The Bertz CT molecular complexity index is 499. The van der Waals surface area contributed by atoms with Crippen LogP contribution in [-0.2, 0) is 14.9 Å². The molecule has 2 aliphatic heterocycles. The van der Waals surface area contributed by atoms with Crippen LogP contribution in [0, 0.1) is 11.7 Å². The highest BCUT2D eigenvalue weighted by molar-refractivity contribution is 5.85. The van der Waals surface area contributed by atoms with Gasteiger partial charge in [-0.2, -0.15) is 0 Å². The first kappa shape index (κ1) is 17.2. The molecule has 22 heavy (non-hydrogen) atoms. The normalized spacial score (nSPS) is 20.6. The van der Waals surface area contributed by atoms with E-state index in [4.69, 9.17) is 4.74 Å². The van der Waals surface area contributed by atoms with Crippen molar-refractivity contribution in [2.45, 2.75) is 18.3 Å². The molecule has 1 aromatic rings. The molecule has 2 heterocycles. The number of amides is 1. The average molecular weight is 329 g/mol. The maximum Gasteiger partial charge on any atom is 0.225 e. The Morgan fingerprint density at radius 3 is 2.45 bits per heavy atom. The van der Waals surface area contributed by atoms with Gasteiger partial charge in [-0.1, -0.05) is 12.1 Å². The van der Waals surface area contributed by atoms with Gasteiger partial charge in [-0.25, -0.2) is 4.39 Å². The average Bonchev–Trinajstić information content (AvgIpc) is 2.45. The molecule has 0 aromatic heterocycles. The van der Waals surface area contributed by atoms with E-state index in [1.807, 2.05) is 12.1 Å². The van der Waals surface area contributed by atoms with Crippen molar-refractivity contribution in [1.29, 1.82) is 0 Å². The zero-order valence-electron chi connectivity index (χ0n) is 12.4. The fourth-order valence-corrected chi connectivity index (χ4v) is 3.01. The van der Waals surface area contributed by atoms with Gasteiger partial charge in [-0.15, -0.1) is 12.4 Å². The molecule has 2 N–H and O–H groups in total. The molecule has 4 nitrogen and oxygen atoms in total. The summed E-state index contributed by atoms with van der Waals surface area (Å²) in [4.78, 5) is 12.1. The summed E-state index contributed by atoms with van der Waals surface area (Å²) >= 11 is 0. The standard InChI is InChI=1S/C16H21FN2O2.ClH/c17-14-3-1-13(2-4-14)16(5-7-21-8-6-16)11-19-15(20)12-9-18-10-12;/h1-4,12,18H,5-11H2,(H,19,20);1H. The van der Waals surface area contributed by atoms with E-state index in [1.165, 1.54) is 12.1 Å². The molecule has 3 rings (SSSR count). The molecule has 2 saturated heterocycles. The minimum Gasteiger partial charge on any atom is -0.381 e. The predicted octanol–water partition coefficient (Wildman–Crippen LogP) is 1.63. The number of nitrogens with one attached hydrogen (secondary N) is 2. The lowest BCUT2D eigenvalue weighted by Crippen LogP contribution is -2.53. The van der Waals surface area contributed by atoms with Crippen molar-refractivity contribution in [3.63, 3.8) is 0 Å². The molecule has 2 fully saturated rings. The van der Waals surface area contributed by atoms with Gasteiger partial charge in [0.15, 0.2) is 0 Å². The van der Waals surface area contributed by atoms with Crippen LogP contribution in [0.4, 0.5) is 4.39 Å². The highest BCUT2D eigenvalue weighted by Crippen LogP contribution is 2.34. The predicted molar refractivity (Wildman–Crippen MR) is 84.7 cm³/mol. The van der Waals surface area contributed by atoms with Crippen LogP contribution in [0.5, 0.6) is 0 Å². The summed E-state index contributed by atoms with van der Waals surface area (Å²) in [5.41, 5.74) is 0.943. The molecule has 122 valence electrons. The van der Waals surface area contributed by atoms with Crippen LogP contribution in [0.15, 0.2) is 24.3 Å². The molecule has 0 spiro atoms. The number of rotatable bonds is 4. The molecule has 1 aromatic carbocycles. The minimum atomic E-state index is -0.231. The van der Waals surface area contributed by atoms with Crippen molar-refractivity contribution >= 4 is 18.3 Å². The molecule has 6 heteroatoms. The SMILES string of the molecule is Cl.O=C(NCC1(c2ccc(F)cc2)CCOCC1)C1CNC1. The summed E-state index contributed by atoms with van der Waals surface area (Å²) in [7, 11) is 0. The number of hydrogen-bond donors (Lipinski definition) is 2. The molecule has 0 unspecified atom stereocenters. The van der Waals surface area contributed by atoms with Crippen molar-refractivity contribution in [3.05, 3.63) is 35.6 Å². The van der Waals surface area contributed by atoms with Crippen molar-refractivity contribution < 1.29 is 13.9 Å². The van der Waals surface area contributed by atoms with Gasteiger partial charge in [0.25, 0.3) is 0 Å². The largest absolute Gasteiger partial charge is 0.381 e. The highest BCUT2D eigenvalue weighted by Gasteiger charge is 2.36. The second-order valence-corrected chi connectivity index (χ2v) is 5.97.